The smallest absolute Gasteiger partial charge is 0.140 e. The molecule has 0 saturated heterocycles. The summed E-state index contributed by atoms with van der Waals surface area (Å²) in [5.41, 5.74) is 2.16. The molecule has 3 nitrogen and oxygen atoms in total. The van der Waals surface area contributed by atoms with E-state index in [1.165, 1.54) is 37.7 Å². The molecule has 0 saturated carbocycles. The van der Waals surface area contributed by atoms with E-state index in [0.29, 0.717) is 0 Å². The largest absolute Gasteiger partial charge is 0.496 e. The third-order valence-corrected chi connectivity index (χ3v) is 4.14. The molecule has 0 rings (SSSR count). The minimum Gasteiger partial charge on any atom is -0.496 e. The first kappa shape index (κ1) is 24.5. The number of allylic oxidation sites excluding steroid dienone is 4. The van der Waals surface area contributed by atoms with E-state index in [1.54, 1.807) is 0 Å². The average molecular weight is 364 g/mol. The Hall–Kier alpha value is -1.51. The molecule has 0 aliphatic rings. The topological polar surface area (TPSA) is 30.8 Å². The summed E-state index contributed by atoms with van der Waals surface area (Å²) in [6.45, 7) is 15.0. The van der Waals surface area contributed by atoms with Gasteiger partial charge in [-0.25, -0.2) is 0 Å². The summed E-state index contributed by atoms with van der Waals surface area (Å²) in [5.74, 6) is 1.63. The lowest BCUT2D eigenvalue weighted by atomic mass is 9.99. The first-order valence-corrected chi connectivity index (χ1v) is 10.3. The predicted octanol–water partition coefficient (Wildman–Crippen LogP) is 7.00. The molecule has 0 aromatic rings. The Morgan fingerprint density at radius 2 is 1.81 bits per heavy atom. The molecule has 0 spiro atoms. The van der Waals surface area contributed by atoms with E-state index in [9.17, 15) is 0 Å². The third kappa shape index (κ3) is 11.2. The number of unbranched alkanes of at least 4 members (excludes halogenated alkanes) is 5. The Balaban J connectivity index is 5.11. The highest BCUT2D eigenvalue weighted by molar-refractivity contribution is 6.11. The van der Waals surface area contributed by atoms with E-state index in [-0.39, 0.29) is 6.10 Å². The first-order chi connectivity index (χ1) is 12.5. The van der Waals surface area contributed by atoms with Gasteiger partial charge in [-0.05, 0) is 45.3 Å². The third-order valence-electron chi connectivity index (χ3n) is 4.14. The van der Waals surface area contributed by atoms with Crippen molar-refractivity contribution in [1.82, 2.24) is 0 Å². The second-order valence-corrected chi connectivity index (χ2v) is 6.84. The number of hydrogen-bond donors (Lipinski definition) is 0. The van der Waals surface area contributed by atoms with Crippen molar-refractivity contribution in [2.75, 3.05) is 13.7 Å². The molecule has 26 heavy (non-hydrogen) atoms. The lowest BCUT2D eigenvalue weighted by molar-refractivity contribution is 0.135. The van der Waals surface area contributed by atoms with Gasteiger partial charge in [-0.1, -0.05) is 58.6 Å². The monoisotopic (exact) mass is 363 g/mol. The number of nitrogens with zero attached hydrogens (tertiary/aromatic N) is 1. The van der Waals surface area contributed by atoms with Gasteiger partial charge in [-0.15, -0.1) is 0 Å². The van der Waals surface area contributed by atoms with Crippen LogP contribution in [0.2, 0.25) is 0 Å². The van der Waals surface area contributed by atoms with Crippen LogP contribution in [0.4, 0.5) is 0 Å². The first-order valence-electron chi connectivity index (χ1n) is 10.3. The zero-order valence-corrected chi connectivity index (χ0v) is 18.1. The number of rotatable bonds is 15. The molecule has 0 amide bonds. The van der Waals surface area contributed by atoms with Crippen molar-refractivity contribution in [3.8, 4) is 0 Å². The van der Waals surface area contributed by atoms with Crippen molar-refractivity contribution < 1.29 is 9.47 Å². The number of ether oxygens (including phenoxy) is 2. The van der Waals surface area contributed by atoms with Crippen molar-refractivity contribution in [2.45, 2.75) is 92.1 Å². The second-order valence-electron chi connectivity index (χ2n) is 6.84. The maximum Gasteiger partial charge on any atom is 0.140 e. The van der Waals surface area contributed by atoms with Gasteiger partial charge < -0.3 is 9.47 Å². The minimum atomic E-state index is 0.0692. The van der Waals surface area contributed by atoms with Gasteiger partial charge in [0.05, 0.1) is 18.5 Å². The number of hydrogen-bond acceptors (Lipinski definition) is 3. The summed E-state index contributed by atoms with van der Waals surface area (Å²) < 4.78 is 11.8. The lowest BCUT2D eigenvalue weighted by Crippen LogP contribution is -2.16. The van der Waals surface area contributed by atoms with E-state index in [4.69, 9.17) is 9.47 Å². The van der Waals surface area contributed by atoms with E-state index in [1.807, 2.05) is 27.0 Å². The summed E-state index contributed by atoms with van der Waals surface area (Å²) in [6, 6.07) is 0. The quantitative estimate of drug-likeness (QED) is 0.178. The van der Waals surface area contributed by atoms with Gasteiger partial charge in [0.25, 0.3) is 0 Å². The zero-order chi connectivity index (χ0) is 19.8. The molecule has 0 fully saturated rings. The van der Waals surface area contributed by atoms with Gasteiger partial charge in [0.2, 0.25) is 0 Å². The van der Waals surface area contributed by atoms with Gasteiger partial charge in [0.15, 0.2) is 0 Å². The Bertz CT molecular complexity index is 475. The van der Waals surface area contributed by atoms with Crippen molar-refractivity contribution in [2.24, 2.45) is 4.99 Å². The van der Waals surface area contributed by atoms with E-state index in [2.05, 4.69) is 38.4 Å². The van der Waals surface area contributed by atoms with Crippen LogP contribution in [0.15, 0.2) is 40.8 Å². The summed E-state index contributed by atoms with van der Waals surface area (Å²) in [6.07, 6.45) is 13.4. The zero-order valence-electron chi connectivity index (χ0n) is 18.1. The molecule has 1 atom stereocenters. The SMILES string of the molecule is C=C(C)OC(C)C/C(=C\CCCC)C(=NC)/C(=C\C)OCCCCCC. The van der Waals surface area contributed by atoms with E-state index in [0.717, 1.165) is 43.1 Å². The molecular weight excluding hydrogens is 322 g/mol. The lowest BCUT2D eigenvalue weighted by Gasteiger charge is -2.20. The van der Waals surface area contributed by atoms with Gasteiger partial charge in [-0.2, -0.15) is 0 Å². The Morgan fingerprint density at radius 3 is 2.35 bits per heavy atom. The summed E-state index contributed by atoms with van der Waals surface area (Å²) in [7, 11) is 1.84. The summed E-state index contributed by atoms with van der Waals surface area (Å²) in [5, 5.41) is 0. The van der Waals surface area contributed by atoms with Crippen LogP contribution in [-0.2, 0) is 9.47 Å². The predicted molar refractivity (Wildman–Crippen MR) is 115 cm³/mol. The highest BCUT2D eigenvalue weighted by atomic mass is 16.5. The summed E-state index contributed by atoms with van der Waals surface area (Å²) in [4.78, 5) is 4.56. The normalized spacial score (nSPS) is 14.3. The number of aliphatic imine (C=N–C) groups is 1. The van der Waals surface area contributed by atoms with Crippen LogP contribution in [0.3, 0.4) is 0 Å². The van der Waals surface area contributed by atoms with E-state index < -0.39 is 0 Å². The fourth-order valence-corrected chi connectivity index (χ4v) is 2.86. The summed E-state index contributed by atoms with van der Waals surface area (Å²) >= 11 is 0. The molecule has 0 heterocycles. The van der Waals surface area contributed by atoms with Crippen molar-refractivity contribution >= 4 is 5.71 Å². The molecule has 0 aromatic heterocycles. The Labute approximate surface area is 162 Å². The molecule has 0 aliphatic carbocycles. The molecule has 150 valence electrons. The van der Waals surface area contributed by atoms with Crippen LogP contribution in [0.25, 0.3) is 0 Å². The highest BCUT2D eigenvalue weighted by Gasteiger charge is 2.16. The van der Waals surface area contributed by atoms with Gasteiger partial charge in [-0.3, -0.25) is 4.99 Å². The van der Waals surface area contributed by atoms with Crippen molar-refractivity contribution in [3.63, 3.8) is 0 Å². The van der Waals surface area contributed by atoms with Crippen LogP contribution in [0, 0.1) is 0 Å². The van der Waals surface area contributed by atoms with Crippen LogP contribution >= 0.6 is 0 Å². The fourth-order valence-electron chi connectivity index (χ4n) is 2.86. The maximum atomic E-state index is 6.07. The van der Waals surface area contributed by atoms with Gasteiger partial charge in [0.1, 0.15) is 11.5 Å². The van der Waals surface area contributed by atoms with Crippen molar-refractivity contribution in [1.29, 1.82) is 0 Å². The van der Waals surface area contributed by atoms with Crippen LogP contribution < -0.4 is 0 Å². The second kappa shape index (κ2) is 15.7. The fraction of sp³-hybridized carbons (Fsp3) is 0.696. The van der Waals surface area contributed by atoms with Crippen LogP contribution in [0.1, 0.15) is 86.0 Å². The standard InChI is InChI=1S/C23H41NO2/c1-8-11-13-15-17-25-22(10-3)23(24-7)21(16-14-12-9-2)18-20(6)26-19(4)5/h10,16,20H,4,8-9,11-15,17-18H2,1-3,5-7H3/b21-16+,22-10+,24-23?. The maximum absolute atomic E-state index is 6.07. The molecule has 3 heteroatoms. The van der Waals surface area contributed by atoms with Crippen LogP contribution in [-0.4, -0.2) is 25.5 Å². The Morgan fingerprint density at radius 1 is 1.12 bits per heavy atom. The molecule has 1 unspecified atom stereocenters. The molecule has 0 radical (unpaired) electrons. The van der Waals surface area contributed by atoms with Gasteiger partial charge >= 0.3 is 0 Å². The van der Waals surface area contributed by atoms with E-state index >= 15 is 0 Å². The molecular formula is C23H41NO2. The molecule has 0 N–H and O–H groups in total. The molecule has 0 aliphatic heterocycles. The molecule has 0 aromatic carbocycles. The van der Waals surface area contributed by atoms with Crippen molar-refractivity contribution in [3.05, 3.63) is 35.8 Å². The van der Waals surface area contributed by atoms with Crippen LogP contribution in [0.5, 0.6) is 0 Å². The molecule has 0 bridgehead atoms. The van der Waals surface area contributed by atoms with Gasteiger partial charge in [0, 0.05) is 13.5 Å². The average Bonchev–Trinajstić information content (AvgIpc) is 2.59. The highest BCUT2D eigenvalue weighted by Crippen LogP contribution is 2.20. The Kier molecular flexibility index (Phi) is 14.8. The minimum absolute atomic E-state index is 0.0692.